The van der Waals surface area contributed by atoms with Crippen molar-refractivity contribution < 1.29 is 24.2 Å². The molecule has 5 heteroatoms. The maximum absolute atomic E-state index is 10.8. The average Bonchev–Trinajstić information content (AvgIpc) is 2.79. The molecule has 1 N–H and O–H groups in total. The monoisotopic (exact) mass is 444 g/mol. The number of ether oxygens (including phenoxy) is 2. The lowest BCUT2D eigenvalue weighted by atomic mass is 10.1. The van der Waals surface area contributed by atoms with Gasteiger partial charge >= 0.3 is 11.9 Å². The number of carbonyl (C=O) groups excluding carboxylic acids is 2. The first-order valence-corrected chi connectivity index (χ1v) is 12.9. The van der Waals surface area contributed by atoms with Gasteiger partial charge < -0.3 is 14.6 Å². The van der Waals surface area contributed by atoms with Gasteiger partial charge in [0.05, 0.1) is 14.2 Å². The molecule has 0 aromatic carbocycles. The Morgan fingerprint density at radius 3 is 1.10 bits per heavy atom. The van der Waals surface area contributed by atoms with Crippen molar-refractivity contribution in [1.29, 1.82) is 0 Å². The molecule has 0 bridgehead atoms. The van der Waals surface area contributed by atoms with Crippen molar-refractivity contribution in [3.8, 4) is 0 Å². The fourth-order valence-corrected chi connectivity index (χ4v) is 3.40. The van der Waals surface area contributed by atoms with E-state index in [2.05, 4.69) is 16.4 Å². The molecule has 0 atom stereocenters. The zero-order valence-corrected chi connectivity index (χ0v) is 20.9. The van der Waals surface area contributed by atoms with E-state index in [0.29, 0.717) is 19.4 Å². The number of aliphatic hydroxyl groups excluding tert-OH is 1. The number of esters is 2. The van der Waals surface area contributed by atoms with Crippen LogP contribution in [0.1, 0.15) is 135 Å². The predicted molar refractivity (Wildman–Crippen MR) is 129 cm³/mol. The Morgan fingerprint density at radius 2 is 0.806 bits per heavy atom. The predicted octanol–water partition coefficient (Wildman–Crippen LogP) is 7.13. The molecule has 0 aliphatic rings. The van der Waals surface area contributed by atoms with Gasteiger partial charge in [-0.3, -0.25) is 9.59 Å². The molecule has 5 nitrogen and oxygen atoms in total. The van der Waals surface area contributed by atoms with E-state index in [-0.39, 0.29) is 11.9 Å². The molecule has 0 heterocycles. The molecule has 31 heavy (non-hydrogen) atoms. The van der Waals surface area contributed by atoms with Crippen LogP contribution in [0.15, 0.2) is 0 Å². The number of aliphatic hydroxyl groups is 1. The van der Waals surface area contributed by atoms with Crippen molar-refractivity contribution in [2.75, 3.05) is 20.8 Å². The minimum absolute atomic E-state index is 0.0713. The first-order chi connectivity index (χ1) is 15.1. The van der Waals surface area contributed by atoms with Crippen LogP contribution >= 0.6 is 0 Å². The molecule has 0 saturated carbocycles. The van der Waals surface area contributed by atoms with Crippen molar-refractivity contribution in [2.24, 2.45) is 0 Å². The topological polar surface area (TPSA) is 72.8 Å². The quantitative estimate of drug-likeness (QED) is 0.150. The van der Waals surface area contributed by atoms with Crippen LogP contribution in [0, 0.1) is 0 Å². The second-order valence-electron chi connectivity index (χ2n) is 8.39. The molecule has 0 aliphatic heterocycles. The van der Waals surface area contributed by atoms with E-state index in [0.717, 1.165) is 32.1 Å². The van der Waals surface area contributed by atoms with E-state index in [1.165, 1.54) is 97.7 Å². The fourth-order valence-electron chi connectivity index (χ4n) is 3.40. The molecule has 0 aliphatic carbocycles. The van der Waals surface area contributed by atoms with Crippen molar-refractivity contribution in [3.63, 3.8) is 0 Å². The molecule has 0 spiro atoms. The summed E-state index contributed by atoms with van der Waals surface area (Å²) >= 11 is 0. The number of rotatable bonds is 21. The average molecular weight is 445 g/mol. The first-order valence-electron chi connectivity index (χ1n) is 12.9. The summed E-state index contributed by atoms with van der Waals surface area (Å²) in [4.78, 5) is 21.6. The highest BCUT2D eigenvalue weighted by molar-refractivity contribution is 5.69. The van der Waals surface area contributed by atoms with Crippen LogP contribution in [0.4, 0.5) is 0 Å². The van der Waals surface area contributed by atoms with Crippen molar-refractivity contribution >= 4 is 11.9 Å². The van der Waals surface area contributed by atoms with Crippen LogP contribution in [0.25, 0.3) is 0 Å². The Balaban J connectivity index is 0. The lowest BCUT2D eigenvalue weighted by Crippen LogP contribution is -1.99. The molecule has 0 aromatic rings. The molecule has 0 amide bonds. The van der Waals surface area contributed by atoms with Crippen molar-refractivity contribution in [1.82, 2.24) is 0 Å². The Kier molecular flexibility index (Phi) is 29.9. The third-order valence-electron chi connectivity index (χ3n) is 5.48. The summed E-state index contributed by atoms with van der Waals surface area (Å²) in [5, 5.41) is 8.59. The van der Waals surface area contributed by atoms with E-state index in [1.807, 2.05) is 0 Å². The largest absolute Gasteiger partial charge is 0.469 e. The van der Waals surface area contributed by atoms with Crippen LogP contribution in [-0.2, 0) is 19.1 Å². The molecule has 0 fully saturated rings. The second kappa shape index (κ2) is 28.9. The van der Waals surface area contributed by atoms with E-state index < -0.39 is 0 Å². The number of hydrogen-bond donors (Lipinski definition) is 1. The normalized spacial score (nSPS) is 10.3. The third-order valence-corrected chi connectivity index (χ3v) is 5.48. The summed E-state index contributed by atoms with van der Waals surface area (Å²) in [5.74, 6) is -0.165. The zero-order valence-electron chi connectivity index (χ0n) is 20.9. The Labute approximate surface area is 192 Å². The van der Waals surface area contributed by atoms with Crippen LogP contribution in [0.3, 0.4) is 0 Å². The summed E-state index contributed by atoms with van der Waals surface area (Å²) in [6.07, 6.45) is 23.2. The minimum Gasteiger partial charge on any atom is -0.469 e. The molecule has 186 valence electrons. The zero-order chi connectivity index (χ0) is 23.4. The molecule has 0 radical (unpaired) electrons. The van der Waals surface area contributed by atoms with Gasteiger partial charge in [0.25, 0.3) is 0 Å². The first kappa shape index (κ1) is 32.1. The van der Waals surface area contributed by atoms with Gasteiger partial charge in [-0.1, -0.05) is 103 Å². The molecule has 0 aromatic heterocycles. The van der Waals surface area contributed by atoms with Gasteiger partial charge in [-0.2, -0.15) is 0 Å². The highest BCUT2D eigenvalue weighted by atomic mass is 16.5. The van der Waals surface area contributed by atoms with Crippen molar-refractivity contribution in [3.05, 3.63) is 0 Å². The van der Waals surface area contributed by atoms with E-state index in [1.54, 1.807) is 0 Å². The van der Waals surface area contributed by atoms with E-state index in [4.69, 9.17) is 5.11 Å². The summed E-state index contributed by atoms with van der Waals surface area (Å²) < 4.78 is 9.16. The Morgan fingerprint density at radius 1 is 0.516 bits per heavy atom. The minimum atomic E-state index is -0.0935. The Bertz CT molecular complexity index is 371. The van der Waals surface area contributed by atoms with Gasteiger partial charge in [0.2, 0.25) is 0 Å². The molecule has 0 rings (SSSR count). The van der Waals surface area contributed by atoms with Gasteiger partial charge in [0.1, 0.15) is 0 Å². The van der Waals surface area contributed by atoms with Gasteiger partial charge in [-0.25, -0.2) is 0 Å². The number of unbranched alkanes of at least 4 members (excludes halogenated alkanes) is 16. The summed E-state index contributed by atoms with van der Waals surface area (Å²) in [6, 6.07) is 0. The van der Waals surface area contributed by atoms with Gasteiger partial charge in [-0.05, 0) is 19.3 Å². The molecular formula is C26H52O5. The van der Waals surface area contributed by atoms with E-state index >= 15 is 0 Å². The number of carbonyl (C=O) groups is 2. The maximum Gasteiger partial charge on any atom is 0.305 e. The summed E-state index contributed by atoms with van der Waals surface area (Å²) in [5.41, 5.74) is 0. The molecular weight excluding hydrogens is 392 g/mol. The van der Waals surface area contributed by atoms with Crippen LogP contribution in [0.5, 0.6) is 0 Å². The van der Waals surface area contributed by atoms with Crippen LogP contribution < -0.4 is 0 Å². The SMILES string of the molecule is CCCCCCCCCCCC(=O)OC.COC(=O)CCCCCCCCCCCO. The highest BCUT2D eigenvalue weighted by Gasteiger charge is 1.99. The lowest BCUT2D eigenvalue weighted by Gasteiger charge is -2.01. The number of methoxy groups -OCH3 is 2. The van der Waals surface area contributed by atoms with Gasteiger partial charge in [0, 0.05) is 19.4 Å². The van der Waals surface area contributed by atoms with E-state index in [9.17, 15) is 9.59 Å². The van der Waals surface area contributed by atoms with Crippen LogP contribution in [-0.4, -0.2) is 37.9 Å². The van der Waals surface area contributed by atoms with Crippen molar-refractivity contribution in [2.45, 2.75) is 135 Å². The smallest absolute Gasteiger partial charge is 0.305 e. The third kappa shape index (κ3) is 31.2. The standard InChI is InChI=1S/C13H26O3.C13H26O2/c1-16-13(15)11-9-7-5-3-2-4-6-8-10-12-14;1-3-4-5-6-7-8-9-10-11-12-13(14)15-2/h14H,2-12H2,1H3;3-12H2,1-2H3. The molecule has 0 saturated heterocycles. The summed E-state index contributed by atoms with van der Waals surface area (Å²) in [6.45, 7) is 2.57. The summed E-state index contributed by atoms with van der Waals surface area (Å²) in [7, 11) is 2.89. The Hall–Kier alpha value is -1.10. The molecule has 0 unspecified atom stereocenters. The van der Waals surface area contributed by atoms with Gasteiger partial charge in [0.15, 0.2) is 0 Å². The highest BCUT2D eigenvalue weighted by Crippen LogP contribution is 2.11. The number of hydrogen-bond acceptors (Lipinski definition) is 5. The second-order valence-corrected chi connectivity index (χ2v) is 8.39. The fraction of sp³-hybridized carbons (Fsp3) is 0.923. The maximum atomic E-state index is 10.8. The van der Waals surface area contributed by atoms with Gasteiger partial charge in [-0.15, -0.1) is 0 Å². The van der Waals surface area contributed by atoms with Crippen LogP contribution in [0.2, 0.25) is 0 Å². The lowest BCUT2D eigenvalue weighted by molar-refractivity contribution is -0.141.